The van der Waals surface area contributed by atoms with Gasteiger partial charge >= 0.3 is 6.09 Å². The lowest BCUT2D eigenvalue weighted by atomic mass is 10.0. The Bertz CT molecular complexity index is 436. The number of benzene rings is 1. The summed E-state index contributed by atoms with van der Waals surface area (Å²) in [6.07, 6.45) is 0.822. The first-order valence-electron chi connectivity index (χ1n) is 6.81. The first-order valence-corrected chi connectivity index (χ1v) is 7.86. The van der Waals surface area contributed by atoms with Crippen LogP contribution >= 0.6 is 11.8 Å². The summed E-state index contributed by atoms with van der Waals surface area (Å²) >= 11 is 1.94. The van der Waals surface area contributed by atoms with Crippen molar-refractivity contribution in [2.24, 2.45) is 0 Å². The molecule has 0 aromatic heterocycles. The van der Waals surface area contributed by atoms with Crippen LogP contribution in [0.1, 0.15) is 29.7 Å². The summed E-state index contributed by atoms with van der Waals surface area (Å²) in [5, 5.41) is 0.487. The van der Waals surface area contributed by atoms with E-state index in [1.807, 2.05) is 23.6 Å². The summed E-state index contributed by atoms with van der Waals surface area (Å²) in [6.45, 7) is 6.02. The second kappa shape index (κ2) is 6.85. The molecule has 1 aliphatic heterocycles. The van der Waals surface area contributed by atoms with Gasteiger partial charge in [0.05, 0.1) is 6.61 Å². The molecule has 1 unspecified atom stereocenters. The standard InChI is InChI=1S/C15H21NO2S/c1-3-18-15(17)16-9-8-14(19-11-10-16)13-7-5-4-6-12(13)2/h4-7,14H,3,8-11H2,1-2H3. The van der Waals surface area contributed by atoms with Gasteiger partial charge in [0.1, 0.15) is 0 Å². The number of rotatable bonds is 2. The average Bonchev–Trinajstić information content (AvgIpc) is 2.65. The van der Waals surface area contributed by atoms with Gasteiger partial charge < -0.3 is 9.64 Å². The predicted molar refractivity (Wildman–Crippen MR) is 79.6 cm³/mol. The fourth-order valence-electron chi connectivity index (χ4n) is 2.36. The third-order valence-corrected chi connectivity index (χ3v) is 4.71. The molecule has 0 bridgehead atoms. The molecule has 104 valence electrons. The van der Waals surface area contributed by atoms with E-state index in [4.69, 9.17) is 4.74 Å². The molecule has 0 N–H and O–H groups in total. The van der Waals surface area contributed by atoms with Crippen molar-refractivity contribution in [1.29, 1.82) is 0 Å². The van der Waals surface area contributed by atoms with Gasteiger partial charge in [-0.2, -0.15) is 11.8 Å². The van der Waals surface area contributed by atoms with Crippen LogP contribution in [0.2, 0.25) is 0 Å². The molecule has 1 fully saturated rings. The fraction of sp³-hybridized carbons (Fsp3) is 0.533. The fourth-order valence-corrected chi connectivity index (χ4v) is 3.69. The van der Waals surface area contributed by atoms with Gasteiger partial charge in [-0.05, 0) is 31.4 Å². The van der Waals surface area contributed by atoms with Gasteiger partial charge in [0.15, 0.2) is 0 Å². The number of nitrogens with zero attached hydrogens (tertiary/aromatic N) is 1. The predicted octanol–water partition coefficient (Wildman–Crippen LogP) is 3.63. The number of carbonyl (C=O) groups is 1. The lowest BCUT2D eigenvalue weighted by molar-refractivity contribution is 0.109. The zero-order chi connectivity index (χ0) is 13.7. The SMILES string of the molecule is CCOC(=O)N1CCSC(c2ccccc2C)CC1. The number of aryl methyl sites for hydroxylation is 1. The molecule has 1 heterocycles. The van der Waals surface area contributed by atoms with Crippen LogP contribution in [0, 0.1) is 6.92 Å². The number of thioether (sulfide) groups is 1. The summed E-state index contributed by atoms with van der Waals surface area (Å²) in [7, 11) is 0. The highest BCUT2D eigenvalue weighted by atomic mass is 32.2. The molecule has 0 spiro atoms. The summed E-state index contributed by atoms with van der Waals surface area (Å²) in [5.41, 5.74) is 2.74. The highest BCUT2D eigenvalue weighted by molar-refractivity contribution is 7.99. The molecule has 1 saturated heterocycles. The van der Waals surface area contributed by atoms with Crippen molar-refractivity contribution in [3.8, 4) is 0 Å². The molecular weight excluding hydrogens is 258 g/mol. The quantitative estimate of drug-likeness (QED) is 0.828. The Morgan fingerprint density at radius 2 is 2.21 bits per heavy atom. The van der Waals surface area contributed by atoms with Crippen molar-refractivity contribution in [3.05, 3.63) is 35.4 Å². The van der Waals surface area contributed by atoms with E-state index in [0.29, 0.717) is 11.9 Å². The Hall–Kier alpha value is -1.16. The maximum atomic E-state index is 11.8. The third-order valence-electron chi connectivity index (χ3n) is 3.40. The minimum Gasteiger partial charge on any atom is -0.450 e. The number of ether oxygens (including phenoxy) is 1. The zero-order valence-corrected chi connectivity index (χ0v) is 12.4. The van der Waals surface area contributed by atoms with E-state index in [1.54, 1.807) is 0 Å². The largest absolute Gasteiger partial charge is 0.450 e. The number of hydrogen-bond acceptors (Lipinski definition) is 3. The van der Waals surface area contributed by atoms with Crippen molar-refractivity contribution in [2.45, 2.75) is 25.5 Å². The van der Waals surface area contributed by atoms with Gasteiger partial charge in [0.2, 0.25) is 0 Å². The normalized spacial score (nSPS) is 19.9. The number of hydrogen-bond donors (Lipinski definition) is 0. The zero-order valence-electron chi connectivity index (χ0n) is 11.6. The number of carbonyl (C=O) groups excluding carboxylic acids is 1. The van der Waals surface area contributed by atoms with Crippen LogP contribution in [0.3, 0.4) is 0 Å². The van der Waals surface area contributed by atoms with Crippen molar-refractivity contribution in [3.63, 3.8) is 0 Å². The Balaban J connectivity index is 2.01. The summed E-state index contributed by atoms with van der Waals surface area (Å²) < 4.78 is 5.08. The maximum Gasteiger partial charge on any atom is 0.409 e. The highest BCUT2D eigenvalue weighted by Gasteiger charge is 2.23. The van der Waals surface area contributed by atoms with Crippen LogP contribution in [0.15, 0.2) is 24.3 Å². The monoisotopic (exact) mass is 279 g/mol. The minimum atomic E-state index is -0.173. The van der Waals surface area contributed by atoms with E-state index in [1.165, 1.54) is 11.1 Å². The molecule has 1 aromatic carbocycles. The van der Waals surface area contributed by atoms with Crippen molar-refractivity contribution >= 4 is 17.9 Å². The molecule has 0 radical (unpaired) electrons. The van der Waals surface area contributed by atoms with Gasteiger partial charge in [-0.25, -0.2) is 4.79 Å². The van der Waals surface area contributed by atoms with Gasteiger partial charge in [0.25, 0.3) is 0 Å². The smallest absolute Gasteiger partial charge is 0.409 e. The van der Waals surface area contributed by atoms with Gasteiger partial charge in [-0.1, -0.05) is 24.3 Å². The second-order valence-corrected chi connectivity index (χ2v) is 6.00. The van der Waals surface area contributed by atoms with E-state index < -0.39 is 0 Å². The molecule has 1 atom stereocenters. The van der Waals surface area contributed by atoms with Crippen LogP contribution in [0.25, 0.3) is 0 Å². The molecule has 1 amide bonds. The van der Waals surface area contributed by atoms with E-state index in [2.05, 4.69) is 31.2 Å². The van der Waals surface area contributed by atoms with Gasteiger partial charge in [-0.3, -0.25) is 0 Å². The second-order valence-electron chi connectivity index (χ2n) is 4.69. The molecule has 19 heavy (non-hydrogen) atoms. The van der Waals surface area contributed by atoms with E-state index in [0.717, 1.165) is 25.3 Å². The molecule has 3 nitrogen and oxygen atoms in total. The molecule has 1 aliphatic rings. The molecule has 0 saturated carbocycles. The van der Waals surface area contributed by atoms with Gasteiger partial charge in [0, 0.05) is 24.1 Å². The first kappa shape index (κ1) is 14.3. The van der Waals surface area contributed by atoms with Crippen LogP contribution in [0.4, 0.5) is 4.79 Å². The molecular formula is C15H21NO2S. The molecule has 2 rings (SSSR count). The molecule has 0 aliphatic carbocycles. The minimum absolute atomic E-state index is 0.173. The van der Waals surface area contributed by atoms with E-state index in [-0.39, 0.29) is 6.09 Å². The van der Waals surface area contributed by atoms with Crippen molar-refractivity contribution < 1.29 is 9.53 Å². The maximum absolute atomic E-state index is 11.8. The lowest BCUT2D eigenvalue weighted by Gasteiger charge is -2.19. The third kappa shape index (κ3) is 3.66. The average molecular weight is 279 g/mol. The van der Waals surface area contributed by atoms with Crippen LogP contribution in [0.5, 0.6) is 0 Å². The first-order chi connectivity index (χ1) is 9.22. The van der Waals surface area contributed by atoms with E-state index >= 15 is 0 Å². The van der Waals surface area contributed by atoms with Crippen LogP contribution in [-0.4, -0.2) is 36.4 Å². The van der Waals surface area contributed by atoms with Crippen LogP contribution < -0.4 is 0 Å². The Morgan fingerprint density at radius 1 is 1.42 bits per heavy atom. The van der Waals surface area contributed by atoms with Crippen molar-refractivity contribution in [1.82, 2.24) is 4.90 Å². The number of amides is 1. The van der Waals surface area contributed by atoms with Crippen molar-refractivity contribution in [2.75, 3.05) is 25.4 Å². The summed E-state index contributed by atoms with van der Waals surface area (Å²) in [4.78, 5) is 13.6. The lowest BCUT2D eigenvalue weighted by Crippen LogP contribution is -2.33. The Morgan fingerprint density at radius 3 is 2.95 bits per heavy atom. The summed E-state index contributed by atoms with van der Waals surface area (Å²) in [6, 6.07) is 8.53. The van der Waals surface area contributed by atoms with Gasteiger partial charge in [-0.15, -0.1) is 0 Å². The summed E-state index contributed by atoms with van der Waals surface area (Å²) in [5.74, 6) is 0.970. The topological polar surface area (TPSA) is 29.5 Å². The van der Waals surface area contributed by atoms with E-state index in [9.17, 15) is 4.79 Å². The Labute approximate surface area is 119 Å². The van der Waals surface area contributed by atoms with Crippen LogP contribution in [-0.2, 0) is 4.74 Å². The molecule has 1 aromatic rings. The highest BCUT2D eigenvalue weighted by Crippen LogP contribution is 2.35. The molecule has 4 heteroatoms. The Kier molecular flexibility index (Phi) is 5.14.